The van der Waals surface area contributed by atoms with Crippen LogP contribution < -0.4 is 10.1 Å². The Morgan fingerprint density at radius 1 is 1.41 bits per heavy atom. The number of para-hydroxylation sites is 1. The molecule has 0 fully saturated rings. The normalized spacial score (nSPS) is 10.2. The van der Waals surface area contributed by atoms with Crippen molar-refractivity contribution >= 4 is 11.7 Å². The van der Waals surface area contributed by atoms with Crippen LogP contribution in [0.25, 0.3) is 0 Å². The molecule has 8 heteroatoms. The van der Waals surface area contributed by atoms with E-state index < -0.39 is 4.92 Å². The molecule has 0 bridgehead atoms. The van der Waals surface area contributed by atoms with Gasteiger partial charge < -0.3 is 20.2 Å². The van der Waals surface area contributed by atoms with Crippen molar-refractivity contribution in [1.82, 2.24) is 14.9 Å². The summed E-state index contributed by atoms with van der Waals surface area (Å²) in [5, 5.41) is 13.5. The van der Waals surface area contributed by atoms with Gasteiger partial charge in [0.1, 0.15) is 18.6 Å². The second-order valence-corrected chi connectivity index (χ2v) is 4.52. The molecule has 0 unspecified atom stereocenters. The Morgan fingerprint density at radius 2 is 2.14 bits per heavy atom. The van der Waals surface area contributed by atoms with E-state index in [4.69, 9.17) is 4.74 Å². The second-order valence-electron chi connectivity index (χ2n) is 4.52. The first-order valence-corrected chi connectivity index (χ1v) is 6.69. The van der Waals surface area contributed by atoms with Crippen molar-refractivity contribution in [3.05, 3.63) is 52.5 Å². The lowest BCUT2D eigenvalue weighted by atomic mass is 10.3. The van der Waals surface area contributed by atoms with Crippen molar-refractivity contribution in [2.45, 2.75) is 13.5 Å². The third-order valence-corrected chi connectivity index (χ3v) is 2.96. The van der Waals surface area contributed by atoms with Crippen molar-refractivity contribution in [3.8, 4) is 5.75 Å². The van der Waals surface area contributed by atoms with Gasteiger partial charge in [0.15, 0.2) is 12.4 Å². The number of carbonyl (C=O) groups is 1. The van der Waals surface area contributed by atoms with Crippen molar-refractivity contribution in [2.24, 2.45) is 0 Å². The zero-order chi connectivity index (χ0) is 15.9. The quantitative estimate of drug-likeness (QED) is 0.472. The number of hydrogen-bond donors (Lipinski definition) is 1. The first-order chi connectivity index (χ1) is 10.6. The number of amides is 1. The number of rotatable bonds is 7. The van der Waals surface area contributed by atoms with Gasteiger partial charge in [-0.15, -0.1) is 0 Å². The minimum Gasteiger partial charge on any atom is -0.492 e. The predicted octanol–water partition coefficient (Wildman–Crippen LogP) is 1.29. The van der Waals surface area contributed by atoms with Gasteiger partial charge in [-0.25, -0.2) is 9.55 Å². The Balaban J connectivity index is 1.79. The molecule has 0 aliphatic heterocycles. The summed E-state index contributed by atoms with van der Waals surface area (Å²) in [6.07, 6.45) is 1.14. The number of ether oxygens (including phenoxy) is 1. The molecule has 1 heterocycles. The van der Waals surface area contributed by atoms with Gasteiger partial charge in [0, 0.05) is 6.92 Å². The number of imidazole rings is 1. The third kappa shape index (κ3) is 4.05. The molecule has 0 spiro atoms. The van der Waals surface area contributed by atoms with E-state index in [1.54, 1.807) is 6.92 Å². The molecular formula is C14H16N4O4. The van der Waals surface area contributed by atoms with Crippen LogP contribution in [0, 0.1) is 17.0 Å². The van der Waals surface area contributed by atoms with Gasteiger partial charge in [-0.3, -0.25) is 4.79 Å². The molecule has 0 saturated carbocycles. The molecule has 0 atom stereocenters. The molecule has 1 aromatic carbocycles. The summed E-state index contributed by atoms with van der Waals surface area (Å²) in [6.45, 7) is 2.10. The number of aromatic nitrogens is 2. The highest BCUT2D eigenvalue weighted by Crippen LogP contribution is 2.13. The molecular weight excluding hydrogens is 288 g/mol. The predicted molar refractivity (Wildman–Crippen MR) is 78.6 cm³/mol. The van der Waals surface area contributed by atoms with Crippen LogP contribution >= 0.6 is 0 Å². The van der Waals surface area contributed by atoms with E-state index >= 15 is 0 Å². The topological polar surface area (TPSA) is 99.3 Å². The highest BCUT2D eigenvalue weighted by Gasteiger charge is 2.19. The van der Waals surface area contributed by atoms with Crippen LogP contribution in [0.5, 0.6) is 5.75 Å². The van der Waals surface area contributed by atoms with Crippen LogP contribution in [0.4, 0.5) is 5.82 Å². The van der Waals surface area contributed by atoms with E-state index in [2.05, 4.69) is 10.3 Å². The molecule has 0 saturated heterocycles. The number of benzene rings is 1. The standard InChI is InChI=1S/C14H16N4O4/c1-11-16-9-14(18(20)21)17(11)10-13(19)15-7-8-22-12-5-3-2-4-6-12/h2-6,9H,7-8,10H2,1H3,(H,15,19). The summed E-state index contributed by atoms with van der Waals surface area (Å²) in [5.41, 5.74) is 0. The fourth-order valence-corrected chi connectivity index (χ4v) is 1.87. The zero-order valence-electron chi connectivity index (χ0n) is 12.1. The van der Waals surface area contributed by atoms with E-state index in [9.17, 15) is 14.9 Å². The summed E-state index contributed by atoms with van der Waals surface area (Å²) in [6, 6.07) is 9.23. The smallest absolute Gasteiger partial charge is 0.343 e. The van der Waals surface area contributed by atoms with Crippen LogP contribution in [0.1, 0.15) is 5.82 Å². The van der Waals surface area contributed by atoms with Crippen molar-refractivity contribution < 1.29 is 14.5 Å². The van der Waals surface area contributed by atoms with E-state index in [1.807, 2.05) is 30.3 Å². The summed E-state index contributed by atoms with van der Waals surface area (Å²) in [4.78, 5) is 25.9. The Hall–Kier alpha value is -2.90. The molecule has 1 amide bonds. The fraction of sp³-hybridized carbons (Fsp3) is 0.286. The fourth-order valence-electron chi connectivity index (χ4n) is 1.87. The van der Waals surface area contributed by atoms with Crippen molar-refractivity contribution in [1.29, 1.82) is 0 Å². The number of nitrogens with zero attached hydrogens (tertiary/aromatic N) is 3. The van der Waals surface area contributed by atoms with Crippen molar-refractivity contribution in [3.63, 3.8) is 0 Å². The Kier molecular flexibility index (Phi) is 5.07. The Labute approximate surface area is 126 Å². The van der Waals surface area contributed by atoms with Crippen LogP contribution in [-0.4, -0.2) is 33.5 Å². The minimum atomic E-state index is -0.564. The zero-order valence-corrected chi connectivity index (χ0v) is 12.1. The van der Waals surface area contributed by atoms with E-state index in [1.165, 1.54) is 4.57 Å². The average Bonchev–Trinajstić information content (AvgIpc) is 2.86. The van der Waals surface area contributed by atoms with Gasteiger partial charge in [-0.2, -0.15) is 0 Å². The van der Waals surface area contributed by atoms with Gasteiger partial charge >= 0.3 is 5.82 Å². The summed E-state index contributed by atoms with van der Waals surface area (Å²) < 4.78 is 6.69. The maximum atomic E-state index is 11.8. The molecule has 0 aliphatic carbocycles. The summed E-state index contributed by atoms with van der Waals surface area (Å²) in [5.74, 6) is 0.606. The molecule has 1 N–H and O–H groups in total. The first-order valence-electron chi connectivity index (χ1n) is 6.69. The first kappa shape index (κ1) is 15.5. The lowest BCUT2D eigenvalue weighted by Crippen LogP contribution is -2.31. The van der Waals surface area contributed by atoms with E-state index in [0.717, 1.165) is 11.9 Å². The van der Waals surface area contributed by atoms with Gasteiger partial charge in [0.2, 0.25) is 0 Å². The van der Waals surface area contributed by atoms with Crippen LogP contribution in [0.3, 0.4) is 0 Å². The number of nitro groups is 1. The maximum absolute atomic E-state index is 11.8. The van der Waals surface area contributed by atoms with Gasteiger partial charge in [0.25, 0.3) is 5.91 Å². The van der Waals surface area contributed by atoms with Crippen LogP contribution in [0.2, 0.25) is 0 Å². The molecule has 22 heavy (non-hydrogen) atoms. The average molecular weight is 304 g/mol. The molecule has 0 radical (unpaired) electrons. The Bertz CT molecular complexity index is 654. The maximum Gasteiger partial charge on any atom is 0.343 e. The van der Waals surface area contributed by atoms with Crippen molar-refractivity contribution in [2.75, 3.05) is 13.2 Å². The van der Waals surface area contributed by atoms with Gasteiger partial charge in [-0.05, 0) is 17.1 Å². The van der Waals surface area contributed by atoms with E-state index in [0.29, 0.717) is 19.0 Å². The minimum absolute atomic E-state index is 0.145. The lowest BCUT2D eigenvalue weighted by molar-refractivity contribution is -0.392. The molecule has 2 rings (SSSR count). The summed E-state index contributed by atoms with van der Waals surface area (Å²) in [7, 11) is 0. The molecule has 116 valence electrons. The Morgan fingerprint density at radius 3 is 2.82 bits per heavy atom. The molecule has 0 aliphatic rings. The largest absolute Gasteiger partial charge is 0.492 e. The third-order valence-electron chi connectivity index (χ3n) is 2.96. The lowest BCUT2D eigenvalue weighted by Gasteiger charge is -2.07. The van der Waals surface area contributed by atoms with Gasteiger partial charge in [-0.1, -0.05) is 18.2 Å². The molecule has 2 aromatic rings. The molecule has 1 aromatic heterocycles. The van der Waals surface area contributed by atoms with E-state index in [-0.39, 0.29) is 18.3 Å². The summed E-state index contributed by atoms with van der Waals surface area (Å²) >= 11 is 0. The number of carbonyl (C=O) groups excluding carboxylic acids is 1. The molecule has 8 nitrogen and oxygen atoms in total. The number of aryl methyl sites for hydroxylation is 1. The van der Waals surface area contributed by atoms with Gasteiger partial charge in [0.05, 0.1) is 6.54 Å². The van der Waals surface area contributed by atoms with Crippen LogP contribution in [0.15, 0.2) is 36.5 Å². The highest BCUT2D eigenvalue weighted by atomic mass is 16.6. The van der Waals surface area contributed by atoms with Crippen LogP contribution in [-0.2, 0) is 11.3 Å². The second kappa shape index (κ2) is 7.21. The number of hydrogen-bond acceptors (Lipinski definition) is 5. The highest BCUT2D eigenvalue weighted by molar-refractivity contribution is 5.76. The monoisotopic (exact) mass is 304 g/mol. The number of nitrogens with one attached hydrogen (secondary N) is 1. The SMILES string of the molecule is Cc1ncc([N+](=O)[O-])n1CC(=O)NCCOc1ccccc1.